The summed E-state index contributed by atoms with van der Waals surface area (Å²) in [6, 6.07) is 4.19. The number of nitriles is 1. The van der Waals surface area contributed by atoms with Crippen molar-refractivity contribution in [1.29, 1.82) is 5.26 Å². The van der Waals surface area contributed by atoms with E-state index < -0.39 is 0 Å². The lowest BCUT2D eigenvalue weighted by atomic mass is 9.92. The summed E-state index contributed by atoms with van der Waals surface area (Å²) in [5.41, 5.74) is 0.805. The first kappa shape index (κ1) is 16.3. The van der Waals surface area contributed by atoms with Gasteiger partial charge in [0.05, 0.1) is 18.2 Å². The predicted molar refractivity (Wildman–Crippen MR) is 97.3 cm³/mol. The Morgan fingerprint density at radius 2 is 2.35 bits per heavy atom. The van der Waals surface area contributed by atoms with Crippen LogP contribution in [-0.2, 0) is 4.79 Å². The molecule has 2 unspecified atom stereocenters. The third-order valence-corrected chi connectivity index (χ3v) is 5.06. The average Bonchev–Trinajstić information content (AvgIpc) is 3.15. The molecule has 0 bridgehead atoms. The van der Waals surface area contributed by atoms with Gasteiger partial charge in [-0.05, 0) is 25.8 Å². The Kier molecular flexibility index (Phi) is 4.13. The van der Waals surface area contributed by atoms with Crippen LogP contribution in [0, 0.1) is 17.2 Å². The predicted octanol–water partition coefficient (Wildman–Crippen LogP) is 1.75. The quantitative estimate of drug-likeness (QED) is 0.697. The summed E-state index contributed by atoms with van der Waals surface area (Å²) in [6.45, 7) is 2.73. The van der Waals surface area contributed by atoms with Gasteiger partial charge in [-0.15, -0.1) is 5.10 Å². The van der Waals surface area contributed by atoms with Gasteiger partial charge in [0.15, 0.2) is 5.82 Å². The highest BCUT2D eigenvalue weighted by molar-refractivity contribution is 6.10. The number of hydrogen-bond donors (Lipinski definition) is 2. The van der Waals surface area contributed by atoms with Crippen LogP contribution in [0.1, 0.15) is 19.8 Å². The van der Waals surface area contributed by atoms with Crippen molar-refractivity contribution in [3.8, 4) is 6.07 Å². The van der Waals surface area contributed by atoms with Crippen LogP contribution in [0.15, 0.2) is 24.7 Å². The highest BCUT2D eigenvalue weighted by Crippen LogP contribution is 2.34. The maximum atomic E-state index is 12.3. The van der Waals surface area contributed by atoms with Crippen molar-refractivity contribution in [3.05, 3.63) is 24.7 Å². The number of pyridine rings is 1. The Labute approximate surface area is 150 Å². The van der Waals surface area contributed by atoms with Crippen LogP contribution >= 0.6 is 0 Å². The van der Waals surface area contributed by atoms with E-state index >= 15 is 0 Å². The molecule has 8 nitrogen and oxygen atoms in total. The number of nitrogens with zero attached hydrogens (tertiary/aromatic N) is 5. The van der Waals surface area contributed by atoms with Crippen LogP contribution < -0.4 is 10.2 Å². The maximum Gasteiger partial charge on any atom is 0.225 e. The zero-order valence-corrected chi connectivity index (χ0v) is 14.4. The minimum atomic E-state index is -0.167. The second-order valence-corrected chi connectivity index (χ2v) is 6.65. The molecule has 2 atom stereocenters. The van der Waals surface area contributed by atoms with Gasteiger partial charge in [-0.3, -0.25) is 4.79 Å². The molecule has 1 amide bonds. The van der Waals surface area contributed by atoms with Crippen molar-refractivity contribution in [2.75, 3.05) is 18.0 Å². The van der Waals surface area contributed by atoms with Gasteiger partial charge in [0.1, 0.15) is 12.2 Å². The molecule has 0 aliphatic carbocycles. The molecule has 1 saturated heterocycles. The Hall–Kier alpha value is -3.21. The fourth-order valence-electron chi connectivity index (χ4n) is 3.65. The number of piperidine rings is 1. The van der Waals surface area contributed by atoms with E-state index in [9.17, 15) is 4.79 Å². The maximum absolute atomic E-state index is 12.3. The molecular weight excluding hydrogens is 330 g/mol. The van der Waals surface area contributed by atoms with Gasteiger partial charge in [-0.25, -0.2) is 4.98 Å². The standard InChI is InChI=1S/C18H19N7O/c1-11-2-3-12(18(26)21-7-5-19)10-25(11)17-15-13(9-23-24-17)8-22-16-14(15)4-6-20-16/h4,6,8-9,11-12H,2-3,7,10H2,1H3,(H,20,22)(H,21,26). The zero-order chi connectivity index (χ0) is 18.1. The highest BCUT2D eigenvalue weighted by Gasteiger charge is 2.32. The summed E-state index contributed by atoms with van der Waals surface area (Å²) in [5.74, 6) is 0.532. The van der Waals surface area contributed by atoms with Gasteiger partial charge in [0, 0.05) is 41.1 Å². The topological polar surface area (TPSA) is 111 Å². The molecule has 8 heteroatoms. The molecule has 0 spiro atoms. The van der Waals surface area contributed by atoms with Crippen molar-refractivity contribution < 1.29 is 4.79 Å². The van der Waals surface area contributed by atoms with E-state index in [0.29, 0.717) is 6.54 Å². The Morgan fingerprint density at radius 3 is 3.19 bits per heavy atom. The number of carbonyl (C=O) groups is 1. The molecular formula is C18H19N7O. The largest absolute Gasteiger partial charge is 0.351 e. The Balaban J connectivity index is 1.75. The summed E-state index contributed by atoms with van der Waals surface area (Å²) >= 11 is 0. The minimum absolute atomic E-state index is 0.0363. The number of hydrogen-bond acceptors (Lipinski definition) is 6. The summed E-state index contributed by atoms with van der Waals surface area (Å²) in [5, 5.41) is 22.8. The fourth-order valence-corrected chi connectivity index (χ4v) is 3.65. The minimum Gasteiger partial charge on any atom is -0.351 e. The number of amides is 1. The molecule has 4 heterocycles. The molecule has 4 rings (SSSR count). The van der Waals surface area contributed by atoms with Crippen molar-refractivity contribution in [2.45, 2.75) is 25.8 Å². The number of nitrogens with one attached hydrogen (secondary N) is 2. The summed E-state index contributed by atoms with van der Waals surface area (Å²) < 4.78 is 0. The number of anilines is 1. The zero-order valence-electron chi connectivity index (χ0n) is 14.4. The number of H-pyrrole nitrogens is 1. The number of rotatable bonds is 3. The van der Waals surface area contributed by atoms with Crippen LogP contribution in [0.25, 0.3) is 21.8 Å². The molecule has 1 aliphatic heterocycles. The summed E-state index contributed by atoms with van der Waals surface area (Å²) in [4.78, 5) is 22.0. The first-order chi connectivity index (χ1) is 12.7. The van der Waals surface area contributed by atoms with Crippen molar-refractivity contribution in [2.24, 2.45) is 5.92 Å². The molecule has 1 fully saturated rings. The number of fused-ring (bicyclic) bond motifs is 3. The van der Waals surface area contributed by atoms with E-state index in [0.717, 1.165) is 40.5 Å². The van der Waals surface area contributed by atoms with Gasteiger partial charge < -0.3 is 15.2 Å². The normalized spacial score (nSPS) is 20.2. The van der Waals surface area contributed by atoms with E-state index in [1.54, 1.807) is 12.4 Å². The first-order valence-corrected chi connectivity index (χ1v) is 8.68. The molecule has 0 aromatic carbocycles. The van der Waals surface area contributed by atoms with Gasteiger partial charge >= 0.3 is 0 Å². The molecule has 3 aromatic rings. The SMILES string of the molecule is CC1CCC(C(=O)NCC#N)CN1c1nncc2cnc3[nH]ccc3c12. The third-order valence-electron chi connectivity index (χ3n) is 5.06. The lowest BCUT2D eigenvalue weighted by Crippen LogP contribution is -2.47. The first-order valence-electron chi connectivity index (χ1n) is 8.68. The molecule has 3 aromatic heterocycles. The lowest BCUT2D eigenvalue weighted by molar-refractivity contribution is -0.125. The average molecular weight is 349 g/mol. The van der Waals surface area contributed by atoms with Crippen molar-refractivity contribution in [3.63, 3.8) is 0 Å². The van der Waals surface area contributed by atoms with Crippen LogP contribution in [0.4, 0.5) is 5.82 Å². The molecule has 132 valence electrons. The van der Waals surface area contributed by atoms with Gasteiger partial charge in [0.2, 0.25) is 5.91 Å². The molecule has 2 N–H and O–H groups in total. The molecule has 0 radical (unpaired) electrons. The van der Waals surface area contributed by atoms with Crippen LogP contribution in [0.2, 0.25) is 0 Å². The van der Waals surface area contributed by atoms with Crippen LogP contribution in [-0.4, -0.2) is 45.2 Å². The second kappa shape index (κ2) is 6.59. The Bertz CT molecular complexity index is 1010. The lowest BCUT2D eigenvalue weighted by Gasteiger charge is -2.38. The van der Waals surface area contributed by atoms with E-state index in [2.05, 4.69) is 37.3 Å². The fraction of sp³-hybridized carbons (Fsp3) is 0.389. The third kappa shape index (κ3) is 2.71. The van der Waals surface area contributed by atoms with Gasteiger partial charge in [0.25, 0.3) is 0 Å². The van der Waals surface area contributed by atoms with E-state index in [-0.39, 0.29) is 24.4 Å². The van der Waals surface area contributed by atoms with E-state index in [1.165, 1.54) is 0 Å². The highest BCUT2D eigenvalue weighted by atomic mass is 16.1. The summed E-state index contributed by atoms with van der Waals surface area (Å²) in [6.07, 6.45) is 7.04. The van der Waals surface area contributed by atoms with E-state index in [4.69, 9.17) is 5.26 Å². The number of carbonyl (C=O) groups excluding carboxylic acids is 1. The van der Waals surface area contributed by atoms with Crippen molar-refractivity contribution in [1.82, 2.24) is 25.5 Å². The monoisotopic (exact) mass is 349 g/mol. The number of aromatic nitrogens is 4. The molecule has 26 heavy (non-hydrogen) atoms. The van der Waals surface area contributed by atoms with Crippen LogP contribution in [0.3, 0.4) is 0 Å². The van der Waals surface area contributed by atoms with Gasteiger partial charge in [-0.2, -0.15) is 10.4 Å². The smallest absolute Gasteiger partial charge is 0.225 e. The van der Waals surface area contributed by atoms with Crippen LogP contribution in [0.5, 0.6) is 0 Å². The Morgan fingerprint density at radius 1 is 1.46 bits per heavy atom. The molecule has 1 aliphatic rings. The number of aromatic amines is 1. The van der Waals surface area contributed by atoms with E-state index in [1.807, 2.05) is 18.3 Å². The molecule has 0 saturated carbocycles. The second-order valence-electron chi connectivity index (χ2n) is 6.65. The summed E-state index contributed by atoms with van der Waals surface area (Å²) in [7, 11) is 0. The van der Waals surface area contributed by atoms with Crippen molar-refractivity contribution >= 4 is 33.5 Å². The van der Waals surface area contributed by atoms with Gasteiger partial charge in [-0.1, -0.05) is 0 Å².